The van der Waals surface area contributed by atoms with Crippen molar-refractivity contribution < 1.29 is 10.2 Å². The van der Waals surface area contributed by atoms with Crippen molar-refractivity contribution in [3.63, 3.8) is 0 Å². The van der Waals surface area contributed by atoms with Crippen molar-refractivity contribution in [3.8, 4) is 0 Å². The van der Waals surface area contributed by atoms with Crippen LogP contribution in [0.3, 0.4) is 0 Å². The third-order valence-corrected chi connectivity index (χ3v) is 3.12. The standard InChI is InChI=1S/C11H24N2O2/c12-5-3-1-2-4-6-13-8-11(15)7-10(13)9-14/h10-11,14-15H,1-9,12H2. The molecule has 4 N–H and O–H groups in total. The highest BCUT2D eigenvalue weighted by atomic mass is 16.3. The van der Waals surface area contributed by atoms with E-state index >= 15 is 0 Å². The van der Waals surface area contributed by atoms with Gasteiger partial charge in [0.15, 0.2) is 0 Å². The minimum atomic E-state index is -0.244. The summed E-state index contributed by atoms with van der Waals surface area (Å²) in [6, 6.07) is 0.175. The van der Waals surface area contributed by atoms with Crippen molar-refractivity contribution >= 4 is 0 Å². The molecule has 0 spiro atoms. The summed E-state index contributed by atoms with van der Waals surface area (Å²) in [4.78, 5) is 2.20. The maximum Gasteiger partial charge on any atom is 0.0683 e. The Hall–Kier alpha value is -0.160. The molecule has 0 aliphatic carbocycles. The zero-order chi connectivity index (χ0) is 11.1. The van der Waals surface area contributed by atoms with Gasteiger partial charge in [0.05, 0.1) is 12.7 Å². The largest absolute Gasteiger partial charge is 0.395 e. The lowest BCUT2D eigenvalue weighted by atomic mass is 10.1. The molecule has 0 aromatic rings. The monoisotopic (exact) mass is 216 g/mol. The first-order valence-electron chi connectivity index (χ1n) is 6.01. The molecule has 1 aliphatic heterocycles. The van der Waals surface area contributed by atoms with Crippen molar-refractivity contribution in [1.82, 2.24) is 4.90 Å². The number of nitrogens with zero attached hydrogens (tertiary/aromatic N) is 1. The molecule has 4 heteroatoms. The Balaban J connectivity index is 2.09. The summed E-state index contributed by atoms with van der Waals surface area (Å²) in [5.74, 6) is 0. The molecule has 1 fully saturated rings. The van der Waals surface area contributed by atoms with Crippen LogP contribution in [0.4, 0.5) is 0 Å². The predicted octanol–water partition coefficient (Wildman–Crippen LogP) is -0.0670. The first-order chi connectivity index (χ1) is 7.27. The van der Waals surface area contributed by atoms with E-state index < -0.39 is 0 Å². The van der Waals surface area contributed by atoms with Crippen LogP contribution in [0, 0.1) is 0 Å². The summed E-state index contributed by atoms with van der Waals surface area (Å²) in [6.07, 6.45) is 5.11. The normalized spacial score (nSPS) is 27.4. The highest BCUT2D eigenvalue weighted by Crippen LogP contribution is 2.18. The van der Waals surface area contributed by atoms with E-state index in [1.165, 1.54) is 12.8 Å². The van der Waals surface area contributed by atoms with E-state index in [1.54, 1.807) is 0 Å². The minimum Gasteiger partial charge on any atom is -0.395 e. The van der Waals surface area contributed by atoms with Crippen LogP contribution in [0.15, 0.2) is 0 Å². The average Bonchev–Trinajstić information content (AvgIpc) is 2.59. The third kappa shape index (κ3) is 4.47. The van der Waals surface area contributed by atoms with Crippen molar-refractivity contribution in [2.45, 2.75) is 44.2 Å². The number of rotatable bonds is 7. The molecule has 0 aromatic heterocycles. The van der Waals surface area contributed by atoms with E-state index in [4.69, 9.17) is 10.8 Å². The molecule has 0 amide bonds. The summed E-state index contributed by atoms with van der Waals surface area (Å²) in [7, 11) is 0. The molecule has 4 nitrogen and oxygen atoms in total. The smallest absolute Gasteiger partial charge is 0.0683 e. The number of β-amino-alcohol motifs (C(OH)–C–C–N with tert-alkyl or cyclic N) is 1. The number of nitrogens with two attached hydrogens (primary N) is 1. The van der Waals surface area contributed by atoms with Crippen molar-refractivity contribution in [2.24, 2.45) is 5.73 Å². The molecule has 0 radical (unpaired) electrons. The van der Waals surface area contributed by atoms with Crippen LogP contribution < -0.4 is 5.73 Å². The quantitative estimate of drug-likeness (QED) is 0.521. The summed E-state index contributed by atoms with van der Waals surface area (Å²) >= 11 is 0. The van der Waals surface area contributed by atoms with Gasteiger partial charge in [-0.25, -0.2) is 0 Å². The fraction of sp³-hybridized carbons (Fsp3) is 1.00. The third-order valence-electron chi connectivity index (χ3n) is 3.12. The topological polar surface area (TPSA) is 69.7 Å². The molecule has 15 heavy (non-hydrogen) atoms. The zero-order valence-electron chi connectivity index (χ0n) is 9.44. The Morgan fingerprint density at radius 3 is 2.60 bits per heavy atom. The molecule has 0 bridgehead atoms. The predicted molar refractivity (Wildman–Crippen MR) is 60.6 cm³/mol. The number of unbranched alkanes of at least 4 members (excludes halogenated alkanes) is 3. The molecular formula is C11H24N2O2. The molecular weight excluding hydrogens is 192 g/mol. The Labute approximate surface area is 92.1 Å². The lowest BCUT2D eigenvalue weighted by molar-refractivity contribution is 0.153. The van der Waals surface area contributed by atoms with Crippen LogP contribution >= 0.6 is 0 Å². The van der Waals surface area contributed by atoms with Crippen molar-refractivity contribution in [3.05, 3.63) is 0 Å². The lowest BCUT2D eigenvalue weighted by Gasteiger charge is -2.21. The summed E-state index contributed by atoms with van der Waals surface area (Å²) < 4.78 is 0. The van der Waals surface area contributed by atoms with Gasteiger partial charge in [-0.1, -0.05) is 12.8 Å². The first-order valence-corrected chi connectivity index (χ1v) is 6.01. The van der Waals surface area contributed by atoms with Gasteiger partial charge in [0.2, 0.25) is 0 Å². The van der Waals surface area contributed by atoms with Gasteiger partial charge in [-0.15, -0.1) is 0 Å². The second kappa shape index (κ2) is 7.17. The number of hydrogen-bond donors (Lipinski definition) is 3. The molecule has 1 rings (SSSR count). The van der Waals surface area contributed by atoms with E-state index in [0.29, 0.717) is 0 Å². The SMILES string of the molecule is NCCCCCCN1CC(O)CC1CO. The van der Waals surface area contributed by atoms with Crippen LogP contribution in [0.25, 0.3) is 0 Å². The van der Waals surface area contributed by atoms with Crippen molar-refractivity contribution in [1.29, 1.82) is 0 Å². The molecule has 0 saturated carbocycles. The zero-order valence-corrected chi connectivity index (χ0v) is 9.44. The number of aliphatic hydroxyl groups is 2. The van der Waals surface area contributed by atoms with Gasteiger partial charge in [0, 0.05) is 12.6 Å². The van der Waals surface area contributed by atoms with Gasteiger partial charge >= 0.3 is 0 Å². The van der Waals surface area contributed by atoms with Crippen LogP contribution in [-0.2, 0) is 0 Å². The van der Waals surface area contributed by atoms with E-state index in [0.717, 1.165) is 38.9 Å². The fourth-order valence-electron chi connectivity index (χ4n) is 2.23. The van der Waals surface area contributed by atoms with Crippen LogP contribution in [-0.4, -0.2) is 53.5 Å². The van der Waals surface area contributed by atoms with Gasteiger partial charge in [-0.3, -0.25) is 4.90 Å². The first kappa shape index (κ1) is 12.9. The van der Waals surface area contributed by atoms with Gasteiger partial charge < -0.3 is 15.9 Å². The van der Waals surface area contributed by atoms with Crippen LogP contribution in [0.2, 0.25) is 0 Å². The molecule has 1 aliphatic rings. The Bertz CT molecular complexity index is 167. The lowest BCUT2D eigenvalue weighted by Crippen LogP contribution is -2.33. The van der Waals surface area contributed by atoms with E-state index in [9.17, 15) is 5.11 Å². The molecule has 90 valence electrons. The van der Waals surface area contributed by atoms with E-state index in [-0.39, 0.29) is 18.8 Å². The molecule has 1 heterocycles. The Morgan fingerprint density at radius 2 is 1.93 bits per heavy atom. The average molecular weight is 216 g/mol. The minimum absolute atomic E-state index is 0.167. The highest BCUT2D eigenvalue weighted by Gasteiger charge is 2.29. The second-order valence-electron chi connectivity index (χ2n) is 4.42. The number of hydrogen-bond acceptors (Lipinski definition) is 4. The van der Waals surface area contributed by atoms with Gasteiger partial charge in [0.1, 0.15) is 0 Å². The summed E-state index contributed by atoms with van der Waals surface area (Å²) in [6.45, 7) is 2.66. The Kier molecular flexibility index (Phi) is 6.17. The maximum atomic E-state index is 9.47. The molecule has 2 unspecified atom stereocenters. The number of likely N-dealkylation sites (tertiary alicyclic amines) is 1. The molecule has 1 saturated heterocycles. The number of aliphatic hydroxyl groups excluding tert-OH is 2. The second-order valence-corrected chi connectivity index (χ2v) is 4.42. The van der Waals surface area contributed by atoms with Crippen molar-refractivity contribution in [2.75, 3.05) is 26.2 Å². The van der Waals surface area contributed by atoms with Crippen LogP contribution in [0.5, 0.6) is 0 Å². The maximum absolute atomic E-state index is 9.47. The van der Waals surface area contributed by atoms with Gasteiger partial charge in [-0.05, 0) is 32.4 Å². The van der Waals surface area contributed by atoms with E-state index in [2.05, 4.69) is 4.90 Å². The molecule has 0 aromatic carbocycles. The molecule has 2 atom stereocenters. The van der Waals surface area contributed by atoms with Gasteiger partial charge in [-0.2, -0.15) is 0 Å². The van der Waals surface area contributed by atoms with Gasteiger partial charge in [0.25, 0.3) is 0 Å². The highest BCUT2D eigenvalue weighted by molar-refractivity contribution is 4.84. The Morgan fingerprint density at radius 1 is 1.20 bits per heavy atom. The van der Waals surface area contributed by atoms with E-state index in [1.807, 2.05) is 0 Å². The van der Waals surface area contributed by atoms with Crippen LogP contribution in [0.1, 0.15) is 32.1 Å². The fourth-order valence-corrected chi connectivity index (χ4v) is 2.23. The summed E-state index contributed by atoms with van der Waals surface area (Å²) in [5, 5.41) is 18.6. The summed E-state index contributed by atoms with van der Waals surface area (Å²) in [5.41, 5.74) is 5.42.